The molecule has 28 heavy (non-hydrogen) atoms. The molecule has 142 valence electrons. The maximum absolute atomic E-state index is 12.5. The van der Waals surface area contributed by atoms with Crippen molar-refractivity contribution in [3.05, 3.63) is 92.9 Å². The molecule has 0 unspecified atom stereocenters. The van der Waals surface area contributed by atoms with Gasteiger partial charge in [-0.3, -0.25) is 0 Å². The summed E-state index contributed by atoms with van der Waals surface area (Å²) in [5.41, 5.74) is 6.60. The summed E-state index contributed by atoms with van der Waals surface area (Å²) in [6.07, 6.45) is 3.39. The van der Waals surface area contributed by atoms with Crippen molar-refractivity contribution in [1.29, 1.82) is 5.26 Å². The third kappa shape index (κ3) is 4.18. The number of unbranched alkanes of at least 4 members (excludes halogenated alkanes) is 1. The monoisotopic (exact) mass is 390 g/mol. The Bertz CT molecular complexity index is 1020. The van der Waals surface area contributed by atoms with E-state index in [1.54, 1.807) is 6.07 Å². The average molecular weight is 391 g/mol. The number of nitrogens with zero attached hydrogens (tertiary/aromatic N) is 2. The zero-order chi connectivity index (χ0) is 20.1. The summed E-state index contributed by atoms with van der Waals surface area (Å²) in [4.78, 5) is 0. The van der Waals surface area contributed by atoms with E-state index in [9.17, 15) is 10.5 Å². The lowest BCUT2D eigenvalue weighted by molar-refractivity contribution is -0.612. The Labute approximate surface area is 171 Å². The Hall–Kier alpha value is -2.83. The summed E-state index contributed by atoms with van der Waals surface area (Å²) in [6.45, 7) is 4.12. The van der Waals surface area contributed by atoms with Gasteiger partial charge in [-0.1, -0.05) is 55.8 Å². The van der Waals surface area contributed by atoms with Crippen LogP contribution in [0, 0.1) is 23.5 Å². The summed E-state index contributed by atoms with van der Waals surface area (Å²) in [7, 11) is 0. The van der Waals surface area contributed by atoms with Crippen molar-refractivity contribution in [3.63, 3.8) is 0 Å². The first-order valence-electron chi connectivity index (χ1n) is 9.54. The number of nitriles is 1. The second kappa shape index (κ2) is 8.91. The van der Waals surface area contributed by atoms with Crippen LogP contribution in [0.25, 0.3) is 11.1 Å². The number of rotatable bonds is 6. The number of hydrogen-bond acceptors (Lipinski definition) is 2. The van der Waals surface area contributed by atoms with Crippen molar-refractivity contribution in [2.45, 2.75) is 39.5 Å². The van der Waals surface area contributed by atoms with E-state index in [0.29, 0.717) is 12.0 Å². The van der Waals surface area contributed by atoms with Gasteiger partial charge in [0.1, 0.15) is 0 Å². The molecule has 0 fully saturated rings. The number of aromatic nitrogens is 1. The molecule has 1 heterocycles. The van der Waals surface area contributed by atoms with Gasteiger partial charge >= 0.3 is 0 Å². The molecule has 0 spiro atoms. The van der Waals surface area contributed by atoms with Crippen LogP contribution in [0.3, 0.4) is 0 Å². The summed E-state index contributed by atoms with van der Waals surface area (Å²) in [5, 5.41) is 22.1. The van der Waals surface area contributed by atoms with E-state index in [0.717, 1.165) is 57.5 Å². The summed E-state index contributed by atoms with van der Waals surface area (Å²) in [5.74, 6) is 0. The molecule has 3 aromatic rings. The van der Waals surface area contributed by atoms with E-state index in [2.05, 4.69) is 25.1 Å². The molecule has 0 radical (unpaired) electrons. The van der Waals surface area contributed by atoms with Crippen LogP contribution in [0.2, 0.25) is 5.15 Å². The van der Waals surface area contributed by atoms with E-state index in [1.165, 1.54) is 0 Å². The second-order valence-electron chi connectivity index (χ2n) is 7.00. The maximum Gasteiger partial charge on any atom is 0.286 e. The Morgan fingerprint density at radius 2 is 1.82 bits per heavy atom. The van der Waals surface area contributed by atoms with Gasteiger partial charge < -0.3 is 5.21 Å². The highest BCUT2D eigenvalue weighted by atomic mass is 35.5. The van der Waals surface area contributed by atoms with Crippen molar-refractivity contribution >= 4 is 11.6 Å². The van der Waals surface area contributed by atoms with Crippen LogP contribution >= 0.6 is 11.6 Å². The van der Waals surface area contributed by atoms with Crippen LogP contribution in [0.15, 0.2) is 54.6 Å². The fraction of sp³-hybridized carbons (Fsp3) is 0.250. The van der Waals surface area contributed by atoms with Gasteiger partial charge in [-0.2, -0.15) is 9.99 Å². The van der Waals surface area contributed by atoms with Crippen LogP contribution in [0.5, 0.6) is 0 Å². The van der Waals surface area contributed by atoms with E-state index >= 15 is 0 Å². The Morgan fingerprint density at radius 3 is 2.50 bits per heavy atom. The fourth-order valence-corrected chi connectivity index (χ4v) is 3.75. The zero-order valence-electron chi connectivity index (χ0n) is 16.2. The standard InChI is InChI=1S/C24H23ClN2O/c1-3-4-9-23-22(17(2)14-24(25)27(23)28)15-18-10-12-19(13-11-18)21-8-6-5-7-20(21)16-26/h5-8,10-14H,3-4,9,15H2,1-2H3. The molecule has 3 nitrogen and oxygen atoms in total. The molecule has 0 bridgehead atoms. The van der Waals surface area contributed by atoms with Crippen molar-refractivity contribution in [3.8, 4) is 17.2 Å². The number of pyridine rings is 1. The first-order chi connectivity index (χ1) is 13.5. The Morgan fingerprint density at radius 1 is 1.11 bits per heavy atom. The lowest BCUT2D eigenvalue weighted by Crippen LogP contribution is -2.35. The third-order valence-corrected chi connectivity index (χ3v) is 5.32. The minimum Gasteiger partial charge on any atom is -0.617 e. The Balaban J connectivity index is 1.93. The van der Waals surface area contributed by atoms with Crippen LogP contribution < -0.4 is 4.73 Å². The molecular weight excluding hydrogens is 368 g/mol. The van der Waals surface area contributed by atoms with Crippen molar-refractivity contribution in [1.82, 2.24) is 0 Å². The third-order valence-electron chi connectivity index (χ3n) is 5.06. The first kappa shape index (κ1) is 19.9. The molecule has 0 amide bonds. The molecule has 3 rings (SSSR count). The Kier molecular flexibility index (Phi) is 6.34. The molecule has 0 saturated carbocycles. The van der Waals surface area contributed by atoms with E-state index in [-0.39, 0.29) is 5.15 Å². The largest absolute Gasteiger partial charge is 0.617 e. The smallest absolute Gasteiger partial charge is 0.286 e. The summed E-state index contributed by atoms with van der Waals surface area (Å²) < 4.78 is 0.872. The van der Waals surface area contributed by atoms with E-state index in [4.69, 9.17) is 11.6 Å². The van der Waals surface area contributed by atoms with Gasteiger partial charge in [0.2, 0.25) is 0 Å². The summed E-state index contributed by atoms with van der Waals surface area (Å²) in [6, 6.07) is 19.8. The molecular formula is C24H23ClN2O. The summed E-state index contributed by atoms with van der Waals surface area (Å²) >= 11 is 6.11. The van der Waals surface area contributed by atoms with Crippen LogP contribution in [0.4, 0.5) is 0 Å². The molecule has 0 aliphatic rings. The fourth-order valence-electron chi connectivity index (χ4n) is 3.48. The van der Waals surface area contributed by atoms with Crippen LogP contribution in [-0.4, -0.2) is 0 Å². The minimum atomic E-state index is 0.232. The molecule has 0 aliphatic heterocycles. The van der Waals surface area contributed by atoms with Crippen molar-refractivity contribution in [2.75, 3.05) is 0 Å². The lowest BCUT2D eigenvalue weighted by atomic mass is 9.94. The van der Waals surface area contributed by atoms with E-state index in [1.807, 2.05) is 43.3 Å². The molecule has 0 saturated heterocycles. The topological polar surface area (TPSA) is 50.7 Å². The lowest BCUT2D eigenvalue weighted by Gasteiger charge is -2.14. The molecule has 1 aromatic heterocycles. The van der Waals surface area contributed by atoms with Gasteiger partial charge in [-0.05, 0) is 53.3 Å². The highest BCUT2D eigenvalue weighted by Gasteiger charge is 2.19. The number of aryl methyl sites for hydroxylation is 1. The van der Waals surface area contributed by atoms with Gasteiger partial charge in [-0.15, -0.1) is 0 Å². The predicted octanol–water partition coefficient (Wildman–Crippen LogP) is 5.75. The van der Waals surface area contributed by atoms with Gasteiger partial charge in [0, 0.05) is 24.5 Å². The van der Waals surface area contributed by atoms with E-state index < -0.39 is 0 Å². The van der Waals surface area contributed by atoms with Crippen LogP contribution in [-0.2, 0) is 12.8 Å². The SMILES string of the molecule is CCCCc1c(Cc2ccc(-c3ccccc3C#N)cc2)c(C)cc(Cl)[n+]1[O-]. The molecule has 2 aromatic carbocycles. The quantitative estimate of drug-likeness (QED) is 0.305. The number of benzene rings is 2. The molecule has 0 N–H and O–H groups in total. The predicted molar refractivity (Wildman–Crippen MR) is 113 cm³/mol. The van der Waals surface area contributed by atoms with Crippen molar-refractivity contribution in [2.24, 2.45) is 0 Å². The normalized spacial score (nSPS) is 10.6. The molecule has 4 heteroatoms. The average Bonchev–Trinajstić information content (AvgIpc) is 2.72. The molecule has 0 aliphatic carbocycles. The molecule has 0 atom stereocenters. The van der Waals surface area contributed by atoms with Gasteiger partial charge in [0.05, 0.1) is 11.6 Å². The van der Waals surface area contributed by atoms with Crippen molar-refractivity contribution < 1.29 is 4.73 Å². The maximum atomic E-state index is 12.5. The van der Waals surface area contributed by atoms with Gasteiger partial charge in [0.25, 0.3) is 5.15 Å². The number of hydrogen-bond donors (Lipinski definition) is 0. The highest BCUT2D eigenvalue weighted by molar-refractivity contribution is 6.28. The van der Waals surface area contributed by atoms with Gasteiger partial charge in [-0.25, -0.2) is 0 Å². The number of halogens is 1. The first-order valence-corrected chi connectivity index (χ1v) is 9.91. The second-order valence-corrected chi connectivity index (χ2v) is 7.39. The zero-order valence-corrected chi connectivity index (χ0v) is 17.0. The minimum absolute atomic E-state index is 0.232. The highest BCUT2D eigenvalue weighted by Crippen LogP contribution is 2.25. The van der Waals surface area contributed by atoms with Gasteiger partial charge in [0.15, 0.2) is 5.69 Å². The van der Waals surface area contributed by atoms with Crippen LogP contribution in [0.1, 0.15) is 47.7 Å².